The number of amides is 2. The fourth-order valence-corrected chi connectivity index (χ4v) is 3.91. The van der Waals surface area contributed by atoms with E-state index in [2.05, 4.69) is 5.32 Å². The fraction of sp³-hybridized carbons (Fsp3) is 0.222. The Balaban J connectivity index is 1.27. The van der Waals surface area contributed by atoms with Crippen molar-refractivity contribution in [2.75, 3.05) is 0 Å². The molecule has 1 saturated heterocycles. The Hall–Kier alpha value is -4.13. The van der Waals surface area contributed by atoms with Gasteiger partial charge in [0, 0.05) is 19.5 Å². The van der Waals surface area contributed by atoms with Crippen LogP contribution >= 0.6 is 0 Å². The number of ether oxygens (including phenoxy) is 1. The van der Waals surface area contributed by atoms with E-state index in [1.165, 1.54) is 0 Å². The van der Waals surface area contributed by atoms with Gasteiger partial charge in [0.25, 0.3) is 0 Å². The first-order valence-corrected chi connectivity index (χ1v) is 11.1. The van der Waals surface area contributed by atoms with Gasteiger partial charge >= 0.3 is 5.97 Å². The average molecular weight is 459 g/mol. The maximum atomic E-state index is 12.8. The molecule has 0 aliphatic carbocycles. The number of benzene rings is 3. The molecule has 4 rings (SSSR count). The Morgan fingerprint density at radius 3 is 2.26 bits per heavy atom. The van der Waals surface area contributed by atoms with E-state index in [1.807, 2.05) is 54.6 Å². The van der Waals surface area contributed by atoms with Crippen molar-refractivity contribution in [1.29, 1.82) is 0 Å². The van der Waals surface area contributed by atoms with Crippen molar-refractivity contribution >= 4 is 17.8 Å². The maximum absolute atomic E-state index is 12.8. The van der Waals surface area contributed by atoms with Crippen LogP contribution in [0, 0.1) is 0 Å². The molecule has 7 heteroatoms. The molecular formula is C27H26N2O5. The summed E-state index contributed by atoms with van der Waals surface area (Å²) in [6, 6.07) is 23.2. The van der Waals surface area contributed by atoms with E-state index in [0.717, 1.165) is 16.7 Å². The van der Waals surface area contributed by atoms with E-state index in [1.54, 1.807) is 29.2 Å². The first-order chi connectivity index (χ1) is 16.5. The smallest absolute Gasteiger partial charge is 0.335 e. The summed E-state index contributed by atoms with van der Waals surface area (Å²) in [5, 5.41) is 11.9. The second-order valence-electron chi connectivity index (χ2n) is 8.21. The maximum Gasteiger partial charge on any atom is 0.335 e. The zero-order valence-corrected chi connectivity index (χ0v) is 18.6. The largest absolute Gasteiger partial charge is 0.489 e. The molecule has 1 heterocycles. The number of nitrogens with zero attached hydrogens (tertiary/aromatic N) is 1. The van der Waals surface area contributed by atoms with Crippen LogP contribution in [0.5, 0.6) is 5.75 Å². The minimum Gasteiger partial charge on any atom is -0.489 e. The second-order valence-corrected chi connectivity index (χ2v) is 8.21. The number of hydrogen-bond donors (Lipinski definition) is 2. The molecule has 34 heavy (non-hydrogen) atoms. The van der Waals surface area contributed by atoms with Crippen LogP contribution in [0.15, 0.2) is 78.9 Å². The Labute approximate surface area is 198 Å². The number of hydrogen-bond acceptors (Lipinski definition) is 4. The fourth-order valence-electron chi connectivity index (χ4n) is 3.91. The Morgan fingerprint density at radius 1 is 0.912 bits per heavy atom. The highest BCUT2D eigenvalue weighted by atomic mass is 16.5. The molecule has 0 spiro atoms. The van der Waals surface area contributed by atoms with Crippen LogP contribution in [0.2, 0.25) is 0 Å². The van der Waals surface area contributed by atoms with Crippen molar-refractivity contribution in [3.63, 3.8) is 0 Å². The number of carbonyl (C=O) groups excluding carboxylic acids is 2. The predicted octanol–water partition coefficient (Wildman–Crippen LogP) is 3.77. The van der Waals surface area contributed by atoms with Crippen molar-refractivity contribution in [2.24, 2.45) is 0 Å². The predicted molar refractivity (Wildman–Crippen MR) is 126 cm³/mol. The van der Waals surface area contributed by atoms with Gasteiger partial charge in [0.15, 0.2) is 0 Å². The third-order valence-corrected chi connectivity index (χ3v) is 5.82. The molecule has 3 aromatic carbocycles. The molecule has 0 saturated carbocycles. The molecule has 3 aromatic rings. The van der Waals surface area contributed by atoms with Crippen LogP contribution in [0.25, 0.3) is 0 Å². The Kier molecular flexibility index (Phi) is 7.22. The first-order valence-electron chi connectivity index (χ1n) is 11.1. The Bertz CT molecular complexity index is 1140. The van der Waals surface area contributed by atoms with E-state index in [4.69, 9.17) is 9.84 Å². The third-order valence-electron chi connectivity index (χ3n) is 5.82. The minimum absolute atomic E-state index is 0.00287. The van der Waals surface area contributed by atoms with Crippen molar-refractivity contribution in [1.82, 2.24) is 10.2 Å². The summed E-state index contributed by atoms with van der Waals surface area (Å²) < 4.78 is 5.76. The molecule has 174 valence electrons. The van der Waals surface area contributed by atoms with Crippen LogP contribution in [0.3, 0.4) is 0 Å². The monoisotopic (exact) mass is 458 g/mol. The number of carboxylic acid groups (broad SMARTS) is 1. The highest BCUT2D eigenvalue weighted by Gasteiger charge is 2.35. The molecule has 2 N–H and O–H groups in total. The lowest BCUT2D eigenvalue weighted by Gasteiger charge is -2.24. The molecule has 7 nitrogen and oxygen atoms in total. The zero-order chi connectivity index (χ0) is 23.9. The SMILES string of the molecule is O=C(O)c1ccc(COc2ccc(CNC(=O)[C@@H]3CCC(=O)N3Cc3ccccc3)cc2)cc1. The van der Waals surface area contributed by atoms with Gasteiger partial charge in [-0.2, -0.15) is 0 Å². The molecule has 0 bridgehead atoms. The lowest BCUT2D eigenvalue weighted by atomic mass is 10.1. The summed E-state index contributed by atoms with van der Waals surface area (Å²) in [6.45, 7) is 1.12. The molecule has 2 amide bonds. The molecule has 1 aliphatic rings. The second kappa shape index (κ2) is 10.7. The summed E-state index contributed by atoms with van der Waals surface area (Å²) in [5.74, 6) is -0.429. The van der Waals surface area contributed by atoms with E-state index in [9.17, 15) is 14.4 Å². The van der Waals surface area contributed by atoms with Gasteiger partial charge in [0.2, 0.25) is 11.8 Å². The molecule has 1 aliphatic heterocycles. The molecule has 1 atom stereocenters. The van der Waals surface area contributed by atoms with Gasteiger partial charge in [-0.3, -0.25) is 9.59 Å². The Morgan fingerprint density at radius 2 is 1.59 bits per heavy atom. The van der Waals surface area contributed by atoms with Crippen molar-refractivity contribution in [3.05, 3.63) is 101 Å². The molecule has 1 fully saturated rings. The number of rotatable bonds is 9. The summed E-state index contributed by atoms with van der Waals surface area (Å²) in [5.41, 5.74) is 3.03. The van der Waals surface area contributed by atoms with E-state index in [0.29, 0.717) is 38.3 Å². The number of carbonyl (C=O) groups is 3. The topological polar surface area (TPSA) is 95.9 Å². The van der Waals surface area contributed by atoms with E-state index >= 15 is 0 Å². The molecule has 0 unspecified atom stereocenters. The van der Waals surface area contributed by atoms with E-state index < -0.39 is 12.0 Å². The number of aromatic carboxylic acids is 1. The summed E-state index contributed by atoms with van der Waals surface area (Å²) in [7, 11) is 0. The van der Waals surface area contributed by atoms with Gasteiger partial charge in [-0.15, -0.1) is 0 Å². The highest BCUT2D eigenvalue weighted by molar-refractivity contribution is 5.91. The molecule has 0 radical (unpaired) electrons. The lowest BCUT2D eigenvalue weighted by molar-refractivity contribution is -0.135. The lowest BCUT2D eigenvalue weighted by Crippen LogP contribution is -2.44. The van der Waals surface area contributed by atoms with Gasteiger partial charge in [0.05, 0.1) is 5.56 Å². The van der Waals surface area contributed by atoms with Crippen molar-refractivity contribution < 1.29 is 24.2 Å². The summed E-state index contributed by atoms with van der Waals surface area (Å²) in [6.07, 6.45) is 0.910. The van der Waals surface area contributed by atoms with E-state index in [-0.39, 0.29) is 17.4 Å². The van der Waals surface area contributed by atoms with Crippen molar-refractivity contribution in [3.8, 4) is 5.75 Å². The molecular weight excluding hydrogens is 432 g/mol. The normalized spacial score (nSPS) is 15.2. The highest BCUT2D eigenvalue weighted by Crippen LogP contribution is 2.22. The minimum atomic E-state index is -0.960. The van der Waals surface area contributed by atoms with Crippen LogP contribution in [-0.4, -0.2) is 33.8 Å². The number of nitrogens with one attached hydrogen (secondary N) is 1. The summed E-state index contributed by atoms with van der Waals surface area (Å²) >= 11 is 0. The molecule has 0 aromatic heterocycles. The standard InChI is InChI=1S/C27H26N2O5/c30-25-15-14-24(29(25)17-20-4-2-1-3-5-20)26(31)28-16-19-8-12-23(13-9-19)34-18-21-6-10-22(11-7-21)27(32)33/h1-13,24H,14-18H2,(H,28,31)(H,32,33)/t24-/m0/s1. The van der Waals surface area contributed by atoms with Crippen molar-refractivity contribution in [2.45, 2.75) is 38.6 Å². The van der Waals surface area contributed by atoms with Crippen LogP contribution in [0.4, 0.5) is 0 Å². The van der Waals surface area contributed by atoms with Gasteiger partial charge in [0.1, 0.15) is 18.4 Å². The third kappa shape index (κ3) is 5.81. The quantitative estimate of drug-likeness (QED) is 0.509. The van der Waals surface area contributed by atoms with Crippen LogP contribution < -0.4 is 10.1 Å². The number of carboxylic acids is 1. The first kappa shape index (κ1) is 23.0. The number of likely N-dealkylation sites (tertiary alicyclic amines) is 1. The average Bonchev–Trinajstić information content (AvgIpc) is 3.22. The van der Waals surface area contributed by atoms with Gasteiger partial charge in [-0.25, -0.2) is 4.79 Å². The van der Waals surface area contributed by atoms with Gasteiger partial charge in [-0.05, 0) is 47.4 Å². The van der Waals surface area contributed by atoms with Gasteiger partial charge < -0.3 is 20.1 Å². The zero-order valence-electron chi connectivity index (χ0n) is 18.6. The van der Waals surface area contributed by atoms with Crippen LogP contribution in [-0.2, 0) is 29.3 Å². The van der Waals surface area contributed by atoms with Crippen LogP contribution in [0.1, 0.15) is 39.9 Å². The summed E-state index contributed by atoms with van der Waals surface area (Å²) in [4.78, 5) is 37.7. The van der Waals surface area contributed by atoms with Gasteiger partial charge in [-0.1, -0.05) is 54.6 Å².